The van der Waals surface area contributed by atoms with Gasteiger partial charge in [0.25, 0.3) is 0 Å². The Morgan fingerprint density at radius 1 is 0.769 bits per heavy atom. The van der Waals surface area contributed by atoms with Gasteiger partial charge in [-0.1, -0.05) is 63.5 Å². The number of benzene rings is 1. The summed E-state index contributed by atoms with van der Waals surface area (Å²) in [6.07, 6.45) is 11.6. The van der Waals surface area contributed by atoms with Gasteiger partial charge in [0.15, 0.2) is 0 Å². The van der Waals surface area contributed by atoms with Gasteiger partial charge in [0.2, 0.25) is 0 Å². The number of rotatable bonds is 7. The molecular formula is C22H31F3O. The quantitative estimate of drug-likeness (QED) is 0.450. The van der Waals surface area contributed by atoms with Crippen molar-refractivity contribution < 1.29 is 17.9 Å². The number of unbranched alkanes of at least 4 members (excludes halogenated alkanes) is 1. The maximum absolute atomic E-state index is 12.2. The van der Waals surface area contributed by atoms with Gasteiger partial charge in [-0.05, 0) is 61.1 Å². The summed E-state index contributed by atoms with van der Waals surface area (Å²) in [4.78, 5) is 0. The second-order valence-electron chi connectivity index (χ2n) is 8.27. The van der Waals surface area contributed by atoms with E-state index in [0.717, 1.165) is 30.2 Å². The average Bonchev–Trinajstić information content (AvgIpc) is 3.12. The van der Waals surface area contributed by atoms with Crippen LogP contribution in [0.1, 0.15) is 88.5 Å². The Hall–Kier alpha value is -1.19. The highest BCUT2D eigenvalue weighted by Gasteiger charge is 2.31. The highest BCUT2D eigenvalue weighted by molar-refractivity contribution is 5.29. The van der Waals surface area contributed by atoms with Crippen LogP contribution in [-0.2, 0) is 0 Å². The van der Waals surface area contributed by atoms with E-state index >= 15 is 0 Å². The fourth-order valence-corrected chi connectivity index (χ4v) is 4.89. The largest absolute Gasteiger partial charge is 0.573 e. The number of hydrogen-bond acceptors (Lipinski definition) is 1. The molecule has 146 valence electrons. The molecule has 0 radical (unpaired) electrons. The summed E-state index contributed by atoms with van der Waals surface area (Å²) in [6, 6.07) is 6.48. The Labute approximate surface area is 155 Å². The Kier molecular flexibility index (Phi) is 6.88. The molecule has 2 aliphatic rings. The van der Waals surface area contributed by atoms with E-state index in [2.05, 4.69) is 4.74 Å². The van der Waals surface area contributed by atoms with Crippen molar-refractivity contribution in [1.82, 2.24) is 0 Å². The highest BCUT2D eigenvalue weighted by atomic mass is 19.4. The van der Waals surface area contributed by atoms with Crippen LogP contribution in [0.3, 0.4) is 0 Å². The molecule has 0 N–H and O–H groups in total. The van der Waals surface area contributed by atoms with Crippen molar-refractivity contribution in [2.75, 3.05) is 0 Å². The SMILES string of the molecule is FC(F)(F)Oc1ccc([C@H]2CC[C@H](CCCCC3CCCC3)CC2)cc1. The summed E-state index contributed by atoms with van der Waals surface area (Å²) < 4.78 is 40.7. The van der Waals surface area contributed by atoms with Gasteiger partial charge < -0.3 is 4.74 Å². The van der Waals surface area contributed by atoms with Gasteiger partial charge >= 0.3 is 6.36 Å². The monoisotopic (exact) mass is 368 g/mol. The number of hydrogen-bond donors (Lipinski definition) is 0. The lowest BCUT2D eigenvalue weighted by atomic mass is 9.77. The molecule has 1 aromatic carbocycles. The fraction of sp³-hybridized carbons (Fsp3) is 0.727. The van der Waals surface area contributed by atoms with E-state index in [0.29, 0.717) is 5.92 Å². The molecule has 0 unspecified atom stereocenters. The molecular weight excluding hydrogens is 337 g/mol. The lowest BCUT2D eigenvalue weighted by Gasteiger charge is -2.29. The number of ether oxygens (including phenoxy) is 1. The smallest absolute Gasteiger partial charge is 0.406 e. The minimum Gasteiger partial charge on any atom is -0.406 e. The van der Waals surface area contributed by atoms with E-state index < -0.39 is 6.36 Å². The first-order chi connectivity index (χ1) is 12.5. The van der Waals surface area contributed by atoms with E-state index in [1.54, 1.807) is 12.1 Å². The van der Waals surface area contributed by atoms with E-state index in [9.17, 15) is 13.2 Å². The summed E-state index contributed by atoms with van der Waals surface area (Å²) in [5.74, 6) is 2.22. The third-order valence-electron chi connectivity index (χ3n) is 6.38. The zero-order valence-corrected chi connectivity index (χ0v) is 15.6. The van der Waals surface area contributed by atoms with Gasteiger partial charge in [0.05, 0.1) is 0 Å². The molecule has 2 fully saturated rings. The van der Waals surface area contributed by atoms with Gasteiger partial charge in [-0.25, -0.2) is 0 Å². The fourth-order valence-electron chi connectivity index (χ4n) is 4.89. The zero-order chi connectivity index (χ0) is 18.4. The first kappa shape index (κ1) is 19.6. The molecule has 0 aromatic heterocycles. The van der Waals surface area contributed by atoms with E-state index in [4.69, 9.17) is 0 Å². The molecule has 0 aliphatic heterocycles. The molecule has 0 heterocycles. The molecule has 1 aromatic rings. The predicted molar refractivity (Wildman–Crippen MR) is 98.3 cm³/mol. The first-order valence-corrected chi connectivity index (χ1v) is 10.4. The van der Waals surface area contributed by atoms with Crippen LogP contribution < -0.4 is 4.74 Å². The van der Waals surface area contributed by atoms with Crippen LogP contribution in [0.5, 0.6) is 5.75 Å². The topological polar surface area (TPSA) is 9.23 Å². The van der Waals surface area contributed by atoms with Crippen LogP contribution in [-0.4, -0.2) is 6.36 Å². The average molecular weight is 368 g/mol. The molecule has 0 saturated heterocycles. The first-order valence-electron chi connectivity index (χ1n) is 10.4. The summed E-state index contributed by atoms with van der Waals surface area (Å²) in [6.45, 7) is 0. The number of alkyl halides is 3. The van der Waals surface area contributed by atoms with E-state index in [-0.39, 0.29) is 5.75 Å². The molecule has 4 heteroatoms. The molecule has 0 atom stereocenters. The van der Waals surface area contributed by atoms with E-state index in [1.807, 2.05) is 0 Å². The Balaban J connectivity index is 1.35. The standard InChI is InChI=1S/C22H31F3O/c23-22(24,25)26-21-15-13-20(14-16-21)19-11-9-18(10-12-19)8-4-3-7-17-5-1-2-6-17/h13-19H,1-12H2/t18-,19-. The van der Waals surface area contributed by atoms with Crippen molar-refractivity contribution in [3.63, 3.8) is 0 Å². The van der Waals surface area contributed by atoms with Gasteiger partial charge in [0, 0.05) is 0 Å². The van der Waals surface area contributed by atoms with Crippen molar-refractivity contribution in [3.05, 3.63) is 29.8 Å². The lowest BCUT2D eigenvalue weighted by Crippen LogP contribution is -2.17. The van der Waals surface area contributed by atoms with Crippen LogP contribution in [0.25, 0.3) is 0 Å². The maximum atomic E-state index is 12.2. The van der Waals surface area contributed by atoms with Crippen molar-refractivity contribution >= 4 is 0 Å². The van der Waals surface area contributed by atoms with Crippen molar-refractivity contribution in [1.29, 1.82) is 0 Å². The Morgan fingerprint density at radius 2 is 1.31 bits per heavy atom. The van der Waals surface area contributed by atoms with Crippen LogP contribution in [0.2, 0.25) is 0 Å². The molecule has 0 amide bonds. The van der Waals surface area contributed by atoms with Gasteiger partial charge in [-0.3, -0.25) is 0 Å². The van der Waals surface area contributed by atoms with Crippen molar-refractivity contribution in [3.8, 4) is 5.75 Å². The maximum Gasteiger partial charge on any atom is 0.573 e. The Bertz CT molecular complexity index is 523. The zero-order valence-electron chi connectivity index (χ0n) is 15.6. The molecule has 1 nitrogen and oxygen atoms in total. The van der Waals surface area contributed by atoms with Crippen LogP contribution in [0.15, 0.2) is 24.3 Å². The lowest BCUT2D eigenvalue weighted by molar-refractivity contribution is -0.274. The van der Waals surface area contributed by atoms with Crippen LogP contribution in [0, 0.1) is 11.8 Å². The summed E-state index contributed by atoms with van der Waals surface area (Å²) in [5, 5.41) is 0. The van der Waals surface area contributed by atoms with Gasteiger partial charge in [0.1, 0.15) is 5.75 Å². The minimum atomic E-state index is -4.61. The Morgan fingerprint density at radius 3 is 1.85 bits per heavy atom. The van der Waals surface area contributed by atoms with Crippen LogP contribution in [0.4, 0.5) is 13.2 Å². The summed E-state index contributed by atoms with van der Waals surface area (Å²) in [7, 11) is 0. The molecule has 3 rings (SSSR count). The third kappa shape index (κ3) is 6.21. The molecule has 2 aliphatic carbocycles. The number of halogens is 3. The molecule has 0 spiro atoms. The van der Waals surface area contributed by atoms with Crippen LogP contribution >= 0.6 is 0 Å². The summed E-state index contributed by atoms with van der Waals surface area (Å²) in [5.41, 5.74) is 1.15. The molecule has 2 saturated carbocycles. The highest BCUT2D eigenvalue weighted by Crippen LogP contribution is 2.39. The van der Waals surface area contributed by atoms with Gasteiger partial charge in [-0.15, -0.1) is 13.2 Å². The summed E-state index contributed by atoms with van der Waals surface area (Å²) >= 11 is 0. The third-order valence-corrected chi connectivity index (χ3v) is 6.38. The minimum absolute atomic E-state index is 0.128. The molecule has 26 heavy (non-hydrogen) atoms. The van der Waals surface area contributed by atoms with Gasteiger partial charge in [-0.2, -0.15) is 0 Å². The molecule has 0 bridgehead atoms. The second-order valence-corrected chi connectivity index (χ2v) is 8.27. The van der Waals surface area contributed by atoms with Crippen molar-refractivity contribution in [2.24, 2.45) is 11.8 Å². The van der Waals surface area contributed by atoms with Crippen molar-refractivity contribution in [2.45, 2.75) is 89.3 Å². The normalized spacial score (nSPS) is 24.7. The van der Waals surface area contributed by atoms with E-state index in [1.165, 1.54) is 76.3 Å². The second kappa shape index (κ2) is 9.14. The predicted octanol–water partition coefficient (Wildman–Crippen LogP) is 7.61.